The van der Waals surface area contributed by atoms with Crippen LogP contribution in [0.1, 0.15) is 32.6 Å². The molecule has 0 bridgehead atoms. The molecule has 0 spiro atoms. The van der Waals surface area contributed by atoms with E-state index in [2.05, 4.69) is 15.3 Å². The Kier molecular flexibility index (Phi) is 5.30. The third kappa shape index (κ3) is 3.74. The minimum atomic E-state index is -3.28. The van der Waals surface area contributed by atoms with Crippen molar-refractivity contribution in [1.82, 2.24) is 19.6 Å². The van der Waals surface area contributed by atoms with Crippen LogP contribution in [0.15, 0.2) is 18.5 Å². The van der Waals surface area contributed by atoms with E-state index >= 15 is 0 Å². The van der Waals surface area contributed by atoms with Crippen LogP contribution < -0.4 is 10.2 Å². The molecule has 0 unspecified atom stereocenters. The van der Waals surface area contributed by atoms with Crippen LogP contribution >= 0.6 is 0 Å². The van der Waals surface area contributed by atoms with Gasteiger partial charge in [0.15, 0.2) is 0 Å². The number of carbonyl (C=O) groups is 1. The average molecular weight is 408 g/mol. The summed E-state index contributed by atoms with van der Waals surface area (Å²) in [6.45, 7) is 4.41. The van der Waals surface area contributed by atoms with Crippen LogP contribution in [0.4, 0.5) is 5.95 Å². The molecular formula is C19H29N5O3S. The van der Waals surface area contributed by atoms with E-state index in [1.807, 2.05) is 4.90 Å². The zero-order valence-electron chi connectivity index (χ0n) is 16.4. The topological polar surface area (TPSA) is 95.5 Å². The Bertz CT molecular complexity index is 814. The molecule has 9 heteroatoms. The largest absolute Gasteiger partial charge is 0.355 e. The summed E-state index contributed by atoms with van der Waals surface area (Å²) >= 11 is 0. The molecule has 2 aliphatic heterocycles. The van der Waals surface area contributed by atoms with E-state index in [-0.39, 0.29) is 17.6 Å². The summed E-state index contributed by atoms with van der Waals surface area (Å²) in [5.74, 6) is 1.30. The predicted octanol–water partition coefficient (Wildman–Crippen LogP) is 0.871. The number of anilines is 1. The molecule has 154 valence electrons. The first-order valence-electron chi connectivity index (χ1n) is 10.2. The number of aromatic nitrogens is 2. The van der Waals surface area contributed by atoms with Crippen molar-refractivity contribution in [2.24, 2.45) is 17.3 Å². The maximum atomic E-state index is 13.3. The highest BCUT2D eigenvalue weighted by atomic mass is 32.2. The first-order valence-corrected chi connectivity index (χ1v) is 11.8. The molecule has 1 aromatic heterocycles. The summed E-state index contributed by atoms with van der Waals surface area (Å²) in [5.41, 5.74) is -0.591. The fourth-order valence-corrected chi connectivity index (χ4v) is 5.73. The van der Waals surface area contributed by atoms with Crippen molar-refractivity contribution < 1.29 is 13.2 Å². The molecule has 0 aromatic carbocycles. The molecule has 3 heterocycles. The van der Waals surface area contributed by atoms with Gasteiger partial charge >= 0.3 is 0 Å². The summed E-state index contributed by atoms with van der Waals surface area (Å²) < 4.78 is 26.6. The zero-order chi connectivity index (χ0) is 19.8. The van der Waals surface area contributed by atoms with E-state index < -0.39 is 15.4 Å². The van der Waals surface area contributed by atoms with Gasteiger partial charge in [-0.3, -0.25) is 4.79 Å². The van der Waals surface area contributed by atoms with Crippen LogP contribution in [0.5, 0.6) is 0 Å². The van der Waals surface area contributed by atoms with Crippen molar-refractivity contribution in [2.45, 2.75) is 32.6 Å². The Hall–Kier alpha value is -1.74. The van der Waals surface area contributed by atoms with Gasteiger partial charge in [0.05, 0.1) is 11.2 Å². The van der Waals surface area contributed by atoms with Crippen LogP contribution in [-0.4, -0.2) is 67.1 Å². The Morgan fingerprint density at radius 1 is 1.29 bits per heavy atom. The standard InChI is InChI=1S/C19H29N5O3S/c1-2-28(26,27)24-10-3-7-19(17(25)22-11-15-5-6-15)14-23(12-16(19)13-24)18-20-8-4-9-21-18/h4,8-9,15-16H,2-3,5-7,10-14H2,1H3,(H,22,25)/t16-,19+/m1/s1. The highest BCUT2D eigenvalue weighted by Gasteiger charge is 2.54. The Morgan fingerprint density at radius 2 is 2.04 bits per heavy atom. The summed E-state index contributed by atoms with van der Waals surface area (Å²) in [7, 11) is -3.28. The molecule has 8 nitrogen and oxygen atoms in total. The molecule has 0 radical (unpaired) electrons. The Balaban J connectivity index is 1.61. The monoisotopic (exact) mass is 407 g/mol. The lowest BCUT2D eigenvalue weighted by molar-refractivity contribution is -0.132. The van der Waals surface area contributed by atoms with Gasteiger partial charge in [-0.05, 0) is 44.6 Å². The molecular weight excluding hydrogens is 378 g/mol. The lowest BCUT2D eigenvalue weighted by Crippen LogP contribution is -2.48. The lowest BCUT2D eigenvalue weighted by atomic mass is 9.74. The number of carbonyl (C=O) groups excluding carboxylic acids is 1. The molecule has 3 aliphatic rings. The second-order valence-corrected chi connectivity index (χ2v) is 10.6. The molecule has 1 amide bonds. The van der Waals surface area contributed by atoms with Gasteiger partial charge in [0.1, 0.15) is 0 Å². The number of fused-ring (bicyclic) bond motifs is 1. The fourth-order valence-electron chi connectivity index (χ4n) is 4.55. The van der Waals surface area contributed by atoms with E-state index in [1.165, 1.54) is 12.8 Å². The van der Waals surface area contributed by atoms with Gasteiger partial charge in [-0.25, -0.2) is 22.7 Å². The molecule has 1 N–H and O–H groups in total. The minimum absolute atomic E-state index is 0.0681. The molecule has 4 rings (SSSR count). The summed E-state index contributed by atoms with van der Waals surface area (Å²) in [5, 5.41) is 3.17. The number of sulfonamides is 1. The minimum Gasteiger partial charge on any atom is -0.355 e. The quantitative estimate of drug-likeness (QED) is 0.752. The molecule has 1 aliphatic carbocycles. The zero-order valence-corrected chi connectivity index (χ0v) is 17.2. The second-order valence-electron chi connectivity index (χ2n) is 8.30. The van der Waals surface area contributed by atoms with Crippen molar-refractivity contribution in [3.05, 3.63) is 18.5 Å². The van der Waals surface area contributed by atoms with Gasteiger partial charge in [0.25, 0.3) is 0 Å². The predicted molar refractivity (Wildman–Crippen MR) is 106 cm³/mol. The van der Waals surface area contributed by atoms with Crippen LogP contribution in [-0.2, 0) is 14.8 Å². The number of nitrogens with one attached hydrogen (secondary N) is 1. The van der Waals surface area contributed by atoms with Gasteiger partial charge in [-0.1, -0.05) is 0 Å². The third-order valence-electron chi connectivity index (χ3n) is 6.44. The highest BCUT2D eigenvalue weighted by molar-refractivity contribution is 7.89. The van der Waals surface area contributed by atoms with E-state index in [9.17, 15) is 13.2 Å². The van der Waals surface area contributed by atoms with Crippen LogP contribution in [0.3, 0.4) is 0 Å². The van der Waals surface area contributed by atoms with Crippen molar-refractivity contribution in [3.8, 4) is 0 Å². The number of hydrogen-bond donors (Lipinski definition) is 1. The third-order valence-corrected chi connectivity index (χ3v) is 8.29. The highest BCUT2D eigenvalue weighted by Crippen LogP contribution is 2.44. The smallest absolute Gasteiger partial charge is 0.228 e. The average Bonchev–Trinajstić information content (AvgIpc) is 3.50. The van der Waals surface area contributed by atoms with Crippen LogP contribution in [0.25, 0.3) is 0 Å². The van der Waals surface area contributed by atoms with Crippen molar-refractivity contribution >= 4 is 21.9 Å². The number of amides is 1. The molecule has 28 heavy (non-hydrogen) atoms. The fraction of sp³-hybridized carbons (Fsp3) is 0.737. The van der Waals surface area contributed by atoms with Crippen molar-refractivity contribution in [1.29, 1.82) is 0 Å². The summed E-state index contributed by atoms with van der Waals surface area (Å²) in [6, 6.07) is 1.77. The summed E-state index contributed by atoms with van der Waals surface area (Å²) in [6.07, 6.45) is 7.14. The maximum absolute atomic E-state index is 13.3. The molecule has 3 fully saturated rings. The molecule has 1 saturated carbocycles. The maximum Gasteiger partial charge on any atom is 0.228 e. The van der Waals surface area contributed by atoms with Gasteiger partial charge in [0, 0.05) is 51.0 Å². The van der Waals surface area contributed by atoms with E-state index in [4.69, 9.17) is 0 Å². The van der Waals surface area contributed by atoms with Crippen molar-refractivity contribution in [3.63, 3.8) is 0 Å². The Labute approximate surface area is 166 Å². The number of hydrogen-bond acceptors (Lipinski definition) is 6. The van der Waals surface area contributed by atoms with Gasteiger partial charge in [-0.15, -0.1) is 0 Å². The van der Waals surface area contributed by atoms with Gasteiger partial charge < -0.3 is 10.2 Å². The first kappa shape index (κ1) is 19.6. The van der Waals surface area contributed by atoms with Gasteiger partial charge in [-0.2, -0.15) is 0 Å². The van der Waals surface area contributed by atoms with Crippen LogP contribution in [0, 0.1) is 17.3 Å². The van der Waals surface area contributed by atoms with E-state index in [0.717, 1.165) is 6.54 Å². The summed E-state index contributed by atoms with van der Waals surface area (Å²) in [4.78, 5) is 24.1. The van der Waals surface area contributed by atoms with E-state index in [1.54, 1.807) is 29.7 Å². The van der Waals surface area contributed by atoms with E-state index in [0.29, 0.717) is 50.9 Å². The SMILES string of the molecule is CCS(=O)(=O)N1CCC[C@]2(C(=O)NCC3CC3)CN(c3ncccn3)C[C@@H]2C1. The lowest BCUT2D eigenvalue weighted by Gasteiger charge is -2.32. The number of nitrogens with zero attached hydrogens (tertiary/aromatic N) is 4. The Morgan fingerprint density at radius 3 is 2.71 bits per heavy atom. The molecule has 2 atom stereocenters. The number of rotatable bonds is 6. The first-order chi connectivity index (χ1) is 13.4. The molecule has 2 saturated heterocycles. The van der Waals surface area contributed by atoms with Gasteiger partial charge in [0.2, 0.25) is 21.9 Å². The molecule has 1 aromatic rings. The van der Waals surface area contributed by atoms with Crippen molar-refractivity contribution in [2.75, 3.05) is 43.4 Å². The second kappa shape index (κ2) is 7.59. The van der Waals surface area contributed by atoms with Crippen LogP contribution in [0.2, 0.25) is 0 Å². The normalized spacial score (nSPS) is 28.6.